The molecule has 0 aliphatic heterocycles. The van der Waals surface area contributed by atoms with Crippen molar-refractivity contribution in [2.24, 2.45) is 0 Å². The van der Waals surface area contributed by atoms with Gasteiger partial charge in [0.1, 0.15) is 6.10 Å². The van der Waals surface area contributed by atoms with Gasteiger partial charge in [-0.1, -0.05) is 28.1 Å². The van der Waals surface area contributed by atoms with Gasteiger partial charge in [0.25, 0.3) is 0 Å². The second-order valence-electron chi connectivity index (χ2n) is 4.05. The molecule has 1 heterocycles. The highest BCUT2D eigenvalue weighted by Gasteiger charge is 2.19. The highest BCUT2D eigenvalue weighted by atomic mass is 79.9. The molecule has 0 fully saturated rings. The van der Waals surface area contributed by atoms with E-state index in [2.05, 4.69) is 37.0 Å². The van der Waals surface area contributed by atoms with Crippen LogP contribution in [0.1, 0.15) is 17.4 Å². The number of hydrogen-bond donors (Lipinski definition) is 1. The minimum absolute atomic E-state index is 0.550. The van der Waals surface area contributed by atoms with Gasteiger partial charge in [0.2, 0.25) is 0 Å². The Morgan fingerprint density at radius 3 is 2.63 bits per heavy atom. The average molecular weight is 390 g/mol. The molecule has 102 valence electrons. The summed E-state index contributed by atoms with van der Waals surface area (Å²) in [4.78, 5) is 0. The van der Waals surface area contributed by atoms with Crippen LogP contribution in [0.15, 0.2) is 39.4 Å². The summed E-state index contributed by atoms with van der Waals surface area (Å²) in [5.41, 5.74) is 1.56. The fourth-order valence-electron chi connectivity index (χ4n) is 1.80. The molecule has 1 aromatic carbocycles. The van der Waals surface area contributed by atoms with Crippen LogP contribution >= 0.6 is 31.9 Å². The molecule has 1 N–H and O–H groups in total. The highest BCUT2D eigenvalue weighted by molar-refractivity contribution is 9.10. The molecule has 0 spiro atoms. The minimum Gasteiger partial charge on any atom is -0.383 e. The summed E-state index contributed by atoms with van der Waals surface area (Å²) in [7, 11) is 1.64. The maximum atomic E-state index is 10.5. The molecule has 0 radical (unpaired) electrons. The zero-order valence-corrected chi connectivity index (χ0v) is 13.6. The standard InChI is InChI=1S/C13H14Br2N2O2/c1-19-7-6-17-12(11(15)8-16-17)13(18)9-2-4-10(14)5-3-9/h2-5,8,13,18H,6-7H2,1H3. The number of ether oxygens (including phenoxy) is 1. The summed E-state index contributed by atoms with van der Waals surface area (Å²) in [6, 6.07) is 7.58. The van der Waals surface area contributed by atoms with Crippen molar-refractivity contribution in [2.45, 2.75) is 12.6 Å². The first-order valence-corrected chi connectivity index (χ1v) is 7.35. The van der Waals surface area contributed by atoms with E-state index in [1.807, 2.05) is 24.3 Å². The third kappa shape index (κ3) is 3.45. The van der Waals surface area contributed by atoms with E-state index in [4.69, 9.17) is 4.74 Å². The smallest absolute Gasteiger partial charge is 0.122 e. The van der Waals surface area contributed by atoms with Crippen LogP contribution in [-0.2, 0) is 11.3 Å². The van der Waals surface area contributed by atoms with Crippen LogP contribution in [0.5, 0.6) is 0 Å². The van der Waals surface area contributed by atoms with E-state index in [1.54, 1.807) is 18.0 Å². The second-order valence-corrected chi connectivity index (χ2v) is 5.82. The van der Waals surface area contributed by atoms with Gasteiger partial charge in [0.15, 0.2) is 0 Å². The first kappa shape index (κ1) is 14.7. The van der Waals surface area contributed by atoms with E-state index in [1.165, 1.54) is 0 Å². The van der Waals surface area contributed by atoms with Gasteiger partial charge in [-0.15, -0.1) is 0 Å². The van der Waals surface area contributed by atoms with Gasteiger partial charge in [-0.25, -0.2) is 0 Å². The van der Waals surface area contributed by atoms with Crippen LogP contribution in [0.3, 0.4) is 0 Å². The van der Waals surface area contributed by atoms with Crippen molar-refractivity contribution >= 4 is 31.9 Å². The summed E-state index contributed by atoms with van der Waals surface area (Å²) in [6.45, 7) is 1.15. The van der Waals surface area contributed by atoms with Gasteiger partial charge in [0, 0.05) is 11.6 Å². The average Bonchev–Trinajstić information content (AvgIpc) is 2.77. The second kappa shape index (κ2) is 6.65. The Labute approximate surface area is 128 Å². The van der Waals surface area contributed by atoms with Crippen LogP contribution in [0.2, 0.25) is 0 Å². The van der Waals surface area contributed by atoms with Crippen molar-refractivity contribution < 1.29 is 9.84 Å². The topological polar surface area (TPSA) is 47.3 Å². The Morgan fingerprint density at radius 2 is 2.00 bits per heavy atom. The Morgan fingerprint density at radius 1 is 1.32 bits per heavy atom. The summed E-state index contributed by atoms with van der Waals surface area (Å²) in [6.07, 6.45) is 0.967. The molecule has 19 heavy (non-hydrogen) atoms. The van der Waals surface area contributed by atoms with Crippen molar-refractivity contribution in [1.29, 1.82) is 0 Å². The minimum atomic E-state index is -0.721. The maximum absolute atomic E-state index is 10.5. The zero-order valence-electron chi connectivity index (χ0n) is 10.4. The molecule has 4 nitrogen and oxygen atoms in total. The molecular formula is C13H14Br2N2O2. The normalized spacial score (nSPS) is 12.6. The Hall–Kier alpha value is -0.690. The van der Waals surface area contributed by atoms with E-state index in [0.29, 0.717) is 13.2 Å². The molecule has 0 aliphatic carbocycles. The van der Waals surface area contributed by atoms with Crippen molar-refractivity contribution in [3.63, 3.8) is 0 Å². The third-order valence-corrected chi connectivity index (χ3v) is 3.92. The van der Waals surface area contributed by atoms with Gasteiger partial charge < -0.3 is 9.84 Å². The molecule has 0 bridgehead atoms. The van der Waals surface area contributed by atoms with E-state index >= 15 is 0 Å². The molecule has 0 saturated carbocycles. The number of benzene rings is 1. The lowest BCUT2D eigenvalue weighted by molar-refractivity contribution is 0.171. The van der Waals surface area contributed by atoms with E-state index < -0.39 is 6.10 Å². The number of rotatable bonds is 5. The van der Waals surface area contributed by atoms with Crippen molar-refractivity contribution in [3.8, 4) is 0 Å². The fourth-order valence-corrected chi connectivity index (χ4v) is 2.58. The van der Waals surface area contributed by atoms with Crippen LogP contribution in [-0.4, -0.2) is 28.6 Å². The molecular weight excluding hydrogens is 376 g/mol. The Bertz CT molecular complexity index is 540. The SMILES string of the molecule is COCCn1ncc(Br)c1C(O)c1ccc(Br)cc1. The lowest BCUT2D eigenvalue weighted by Crippen LogP contribution is -2.13. The van der Waals surface area contributed by atoms with Gasteiger partial charge in [-0.3, -0.25) is 4.68 Å². The first-order valence-electron chi connectivity index (χ1n) is 5.77. The van der Waals surface area contributed by atoms with Crippen LogP contribution in [0.4, 0.5) is 0 Å². The van der Waals surface area contributed by atoms with E-state index in [9.17, 15) is 5.11 Å². The quantitative estimate of drug-likeness (QED) is 0.854. The molecule has 6 heteroatoms. The van der Waals surface area contributed by atoms with Gasteiger partial charge in [0.05, 0.1) is 29.5 Å². The molecule has 0 saturated heterocycles. The van der Waals surface area contributed by atoms with E-state index in [-0.39, 0.29) is 0 Å². The lowest BCUT2D eigenvalue weighted by atomic mass is 10.1. The van der Waals surface area contributed by atoms with Crippen LogP contribution < -0.4 is 0 Å². The third-order valence-electron chi connectivity index (χ3n) is 2.79. The summed E-state index contributed by atoms with van der Waals surface area (Å²) in [5, 5.41) is 14.7. The maximum Gasteiger partial charge on any atom is 0.122 e. The van der Waals surface area contributed by atoms with E-state index in [0.717, 1.165) is 20.2 Å². The number of aromatic nitrogens is 2. The number of methoxy groups -OCH3 is 1. The highest BCUT2D eigenvalue weighted by Crippen LogP contribution is 2.29. The number of aliphatic hydroxyl groups excluding tert-OH is 1. The molecule has 1 aromatic heterocycles. The van der Waals surface area contributed by atoms with Crippen molar-refractivity contribution in [3.05, 3.63) is 50.7 Å². The monoisotopic (exact) mass is 388 g/mol. The number of nitrogens with zero attached hydrogens (tertiary/aromatic N) is 2. The fraction of sp³-hybridized carbons (Fsp3) is 0.308. The summed E-state index contributed by atoms with van der Waals surface area (Å²) < 4.78 is 8.57. The molecule has 1 unspecified atom stereocenters. The largest absolute Gasteiger partial charge is 0.383 e. The van der Waals surface area contributed by atoms with Crippen LogP contribution in [0, 0.1) is 0 Å². The molecule has 0 amide bonds. The number of aliphatic hydroxyl groups is 1. The molecule has 2 rings (SSSR count). The van der Waals surface area contributed by atoms with Gasteiger partial charge >= 0.3 is 0 Å². The molecule has 2 aromatic rings. The predicted octanol–water partition coefficient (Wildman–Crippen LogP) is 3.14. The van der Waals surface area contributed by atoms with Gasteiger partial charge in [-0.2, -0.15) is 5.10 Å². The van der Waals surface area contributed by atoms with Crippen molar-refractivity contribution in [2.75, 3.05) is 13.7 Å². The first-order chi connectivity index (χ1) is 9.13. The predicted molar refractivity (Wildman–Crippen MR) is 80.0 cm³/mol. The van der Waals surface area contributed by atoms with Gasteiger partial charge in [-0.05, 0) is 33.6 Å². The van der Waals surface area contributed by atoms with Crippen molar-refractivity contribution in [1.82, 2.24) is 9.78 Å². The molecule has 0 aliphatic rings. The Kier molecular flexibility index (Phi) is 5.15. The van der Waals surface area contributed by atoms with Crippen LogP contribution in [0.25, 0.3) is 0 Å². The summed E-state index contributed by atoms with van der Waals surface area (Å²) >= 11 is 6.81. The number of hydrogen-bond acceptors (Lipinski definition) is 3. The Balaban J connectivity index is 2.29. The summed E-state index contributed by atoms with van der Waals surface area (Å²) in [5.74, 6) is 0. The molecule has 1 atom stereocenters. The number of halogens is 2. The zero-order chi connectivity index (χ0) is 13.8. The lowest BCUT2D eigenvalue weighted by Gasteiger charge is -2.14.